The highest BCUT2D eigenvalue weighted by molar-refractivity contribution is 7.89. The van der Waals surface area contributed by atoms with Gasteiger partial charge in [-0.15, -0.1) is 0 Å². The van der Waals surface area contributed by atoms with Crippen molar-refractivity contribution in [1.82, 2.24) is 4.31 Å². The fourth-order valence-corrected chi connectivity index (χ4v) is 5.18. The number of amides is 2. The number of rotatable bonds is 8. The second-order valence-corrected chi connectivity index (χ2v) is 9.15. The number of anilines is 1. The molecule has 0 atom stereocenters. The summed E-state index contributed by atoms with van der Waals surface area (Å²) in [6, 6.07) is 11.2. The molecule has 0 fully saturated rings. The van der Waals surface area contributed by atoms with E-state index in [1.807, 2.05) is 0 Å². The third kappa shape index (κ3) is 4.88. The molecule has 1 aliphatic rings. The Labute approximate surface area is 182 Å². The van der Waals surface area contributed by atoms with Gasteiger partial charge in [0.05, 0.1) is 4.90 Å². The van der Waals surface area contributed by atoms with Crippen LogP contribution >= 0.6 is 0 Å². The number of ether oxygens (including phenoxy) is 1. The SMILES string of the molecule is CCN(CC)S(=O)(=O)c1ccc2c(c1)CCCN2C(=O)COc1cccc(C(N)=O)c1. The largest absolute Gasteiger partial charge is 0.484 e. The van der Waals surface area contributed by atoms with Gasteiger partial charge in [-0.05, 0) is 54.8 Å². The van der Waals surface area contributed by atoms with Gasteiger partial charge in [-0.25, -0.2) is 8.42 Å². The zero-order valence-corrected chi connectivity index (χ0v) is 18.5. The lowest BCUT2D eigenvalue weighted by Crippen LogP contribution is -2.39. The van der Waals surface area contributed by atoms with Gasteiger partial charge in [0, 0.05) is 30.9 Å². The Morgan fingerprint density at radius 1 is 1.13 bits per heavy atom. The number of aryl methyl sites for hydroxylation is 1. The maximum absolute atomic E-state index is 12.8. The van der Waals surface area contributed by atoms with Crippen molar-refractivity contribution in [1.29, 1.82) is 0 Å². The maximum Gasteiger partial charge on any atom is 0.264 e. The highest BCUT2D eigenvalue weighted by atomic mass is 32.2. The lowest BCUT2D eigenvalue weighted by atomic mass is 10.0. The molecule has 0 spiro atoms. The molecule has 9 heteroatoms. The molecular formula is C22H27N3O5S. The second-order valence-electron chi connectivity index (χ2n) is 7.21. The fourth-order valence-electron chi connectivity index (χ4n) is 3.67. The van der Waals surface area contributed by atoms with E-state index in [1.54, 1.807) is 55.1 Å². The van der Waals surface area contributed by atoms with E-state index >= 15 is 0 Å². The van der Waals surface area contributed by atoms with Crippen LogP contribution in [0.5, 0.6) is 5.75 Å². The van der Waals surface area contributed by atoms with E-state index in [2.05, 4.69) is 0 Å². The third-order valence-corrected chi connectivity index (χ3v) is 7.34. The molecule has 2 aromatic carbocycles. The van der Waals surface area contributed by atoms with Crippen molar-refractivity contribution < 1.29 is 22.7 Å². The Morgan fingerprint density at radius 3 is 2.55 bits per heavy atom. The van der Waals surface area contributed by atoms with Crippen molar-refractivity contribution in [3.63, 3.8) is 0 Å². The zero-order chi connectivity index (χ0) is 22.6. The summed E-state index contributed by atoms with van der Waals surface area (Å²) in [7, 11) is -3.56. The van der Waals surface area contributed by atoms with Gasteiger partial charge in [-0.1, -0.05) is 19.9 Å². The Bertz CT molecular complexity index is 1080. The monoisotopic (exact) mass is 445 g/mol. The summed E-state index contributed by atoms with van der Waals surface area (Å²) in [6.07, 6.45) is 1.42. The zero-order valence-electron chi connectivity index (χ0n) is 17.7. The number of fused-ring (bicyclic) bond motifs is 1. The molecule has 3 rings (SSSR count). The number of nitrogens with zero attached hydrogens (tertiary/aromatic N) is 2. The van der Waals surface area contributed by atoms with E-state index < -0.39 is 15.9 Å². The first kappa shape index (κ1) is 22.8. The summed E-state index contributed by atoms with van der Waals surface area (Å²) in [4.78, 5) is 26.0. The first-order valence-electron chi connectivity index (χ1n) is 10.2. The predicted octanol–water partition coefficient (Wildman–Crippen LogP) is 2.17. The average Bonchev–Trinajstić information content (AvgIpc) is 2.77. The summed E-state index contributed by atoms with van der Waals surface area (Å²) in [6.45, 7) is 4.72. The minimum Gasteiger partial charge on any atom is -0.484 e. The fraction of sp³-hybridized carbons (Fsp3) is 0.364. The van der Waals surface area contributed by atoms with E-state index in [0.717, 1.165) is 12.0 Å². The topological polar surface area (TPSA) is 110 Å². The highest BCUT2D eigenvalue weighted by Gasteiger charge is 2.27. The number of primary amides is 1. The molecule has 2 aromatic rings. The van der Waals surface area contributed by atoms with E-state index in [4.69, 9.17) is 10.5 Å². The van der Waals surface area contributed by atoms with Crippen LogP contribution < -0.4 is 15.4 Å². The van der Waals surface area contributed by atoms with Crippen LogP contribution in [-0.2, 0) is 21.2 Å². The van der Waals surface area contributed by atoms with Crippen LogP contribution in [0.4, 0.5) is 5.69 Å². The van der Waals surface area contributed by atoms with Crippen molar-refractivity contribution in [2.45, 2.75) is 31.6 Å². The molecule has 8 nitrogen and oxygen atoms in total. The Balaban J connectivity index is 1.77. The summed E-state index contributed by atoms with van der Waals surface area (Å²) in [5.74, 6) is -0.440. The van der Waals surface area contributed by atoms with Crippen molar-refractivity contribution >= 4 is 27.5 Å². The first-order chi connectivity index (χ1) is 14.8. The smallest absolute Gasteiger partial charge is 0.264 e. The Hall–Kier alpha value is -2.91. The minimum absolute atomic E-state index is 0.207. The van der Waals surface area contributed by atoms with Crippen molar-refractivity contribution in [2.24, 2.45) is 5.73 Å². The minimum atomic E-state index is -3.56. The number of nitrogens with two attached hydrogens (primary N) is 1. The molecule has 0 unspecified atom stereocenters. The van der Waals surface area contributed by atoms with Crippen LogP contribution in [-0.4, -0.2) is 50.8 Å². The molecular weight excluding hydrogens is 418 g/mol. The number of benzene rings is 2. The molecule has 166 valence electrons. The van der Waals surface area contributed by atoms with Gasteiger partial charge in [-0.2, -0.15) is 4.31 Å². The number of sulfonamides is 1. The normalized spacial score (nSPS) is 13.7. The summed E-state index contributed by atoms with van der Waals surface area (Å²) in [5.41, 5.74) is 7.09. The third-order valence-electron chi connectivity index (χ3n) is 5.29. The number of hydrogen-bond acceptors (Lipinski definition) is 5. The molecule has 2 N–H and O–H groups in total. The quantitative estimate of drug-likeness (QED) is 0.670. The van der Waals surface area contributed by atoms with Gasteiger partial charge in [0.25, 0.3) is 5.91 Å². The predicted molar refractivity (Wildman–Crippen MR) is 118 cm³/mol. The van der Waals surface area contributed by atoms with E-state index in [9.17, 15) is 18.0 Å². The molecule has 0 bridgehead atoms. The van der Waals surface area contributed by atoms with Crippen molar-refractivity contribution in [3.8, 4) is 5.75 Å². The van der Waals surface area contributed by atoms with E-state index in [0.29, 0.717) is 43.1 Å². The van der Waals surface area contributed by atoms with Gasteiger partial charge in [0.15, 0.2) is 6.61 Å². The lowest BCUT2D eigenvalue weighted by Gasteiger charge is -2.30. The van der Waals surface area contributed by atoms with Gasteiger partial charge < -0.3 is 15.4 Å². The Morgan fingerprint density at radius 2 is 1.87 bits per heavy atom. The second kappa shape index (κ2) is 9.49. The van der Waals surface area contributed by atoms with E-state index in [-0.39, 0.29) is 17.4 Å². The van der Waals surface area contributed by atoms with Crippen LogP contribution in [0.25, 0.3) is 0 Å². The molecule has 0 saturated heterocycles. The summed E-state index contributed by atoms with van der Waals surface area (Å²) >= 11 is 0. The van der Waals surface area contributed by atoms with Gasteiger partial charge in [-0.3, -0.25) is 9.59 Å². The van der Waals surface area contributed by atoms with Crippen molar-refractivity contribution in [3.05, 3.63) is 53.6 Å². The van der Waals surface area contributed by atoms with Gasteiger partial charge >= 0.3 is 0 Å². The van der Waals surface area contributed by atoms with Crippen molar-refractivity contribution in [2.75, 3.05) is 31.1 Å². The van der Waals surface area contributed by atoms with Crippen LogP contribution in [0.3, 0.4) is 0 Å². The molecule has 31 heavy (non-hydrogen) atoms. The van der Waals surface area contributed by atoms with Gasteiger partial charge in [0.1, 0.15) is 5.75 Å². The number of carbonyl (C=O) groups excluding carboxylic acids is 2. The van der Waals surface area contributed by atoms with Crippen LogP contribution in [0.1, 0.15) is 36.2 Å². The Kier molecular flexibility index (Phi) is 6.97. The first-order valence-corrected chi connectivity index (χ1v) is 11.7. The highest BCUT2D eigenvalue weighted by Crippen LogP contribution is 2.30. The molecule has 0 radical (unpaired) electrons. The molecule has 1 aliphatic heterocycles. The molecule has 0 aromatic heterocycles. The summed E-state index contributed by atoms with van der Waals surface area (Å²) in [5, 5.41) is 0. The summed E-state index contributed by atoms with van der Waals surface area (Å²) < 4.78 is 32.6. The number of hydrogen-bond donors (Lipinski definition) is 1. The van der Waals surface area contributed by atoms with E-state index in [1.165, 1.54) is 10.4 Å². The van der Waals surface area contributed by atoms with Crippen LogP contribution in [0.2, 0.25) is 0 Å². The standard InChI is InChI=1S/C22H27N3O5S/c1-3-24(4-2)31(28,29)19-10-11-20-16(14-19)8-6-12-25(20)21(26)15-30-18-9-5-7-17(13-18)22(23)27/h5,7,9-11,13-14H,3-4,6,8,12,15H2,1-2H3,(H2,23,27). The number of carbonyl (C=O) groups is 2. The molecule has 2 amide bonds. The molecule has 1 heterocycles. The average molecular weight is 446 g/mol. The lowest BCUT2D eigenvalue weighted by molar-refractivity contribution is -0.120. The van der Waals surface area contributed by atoms with Crippen LogP contribution in [0.15, 0.2) is 47.4 Å². The van der Waals surface area contributed by atoms with Crippen LogP contribution in [0, 0.1) is 0 Å². The maximum atomic E-state index is 12.8. The van der Waals surface area contributed by atoms with Gasteiger partial charge in [0.2, 0.25) is 15.9 Å². The molecule has 0 aliphatic carbocycles. The molecule has 0 saturated carbocycles.